The van der Waals surface area contributed by atoms with Crippen molar-refractivity contribution in [2.45, 2.75) is 33.3 Å². The number of rotatable bonds is 7. The molecule has 1 atom stereocenters. The molecule has 2 rings (SSSR count). The van der Waals surface area contributed by atoms with E-state index in [-0.39, 0.29) is 25.0 Å². The second-order valence-corrected chi connectivity index (χ2v) is 8.35. The number of ether oxygens (including phenoxy) is 1. The van der Waals surface area contributed by atoms with Crippen molar-refractivity contribution in [2.75, 3.05) is 37.3 Å². The van der Waals surface area contributed by atoms with Gasteiger partial charge in [0, 0.05) is 37.4 Å². The zero-order chi connectivity index (χ0) is 18.4. The van der Waals surface area contributed by atoms with Crippen molar-refractivity contribution in [1.29, 1.82) is 0 Å². The Balaban J connectivity index is 2.01. The van der Waals surface area contributed by atoms with E-state index >= 15 is 0 Å². The van der Waals surface area contributed by atoms with E-state index in [0.717, 1.165) is 24.3 Å². The molecule has 1 aromatic rings. The van der Waals surface area contributed by atoms with Crippen molar-refractivity contribution >= 4 is 21.7 Å². The molecule has 25 heavy (non-hydrogen) atoms. The third-order valence-corrected chi connectivity index (χ3v) is 5.92. The maximum atomic E-state index is 12.4. The maximum Gasteiger partial charge on any atom is 0.310 e. The Morgan fingerprint density at radius 2 is 1.96 bits per heavy atom. The minimum atomic E-state index is -3.27. The largest absolute Gasteiger partial charge is 0.460 e. The van der Waals surface area contributed by atoms with E-state index < -0.39 is 10.0 Å². The lowest BCUT2D eigenvalue weighted by Crippen LogP contribution is -2.42. The fraction of sp³-hybridized carbons (Fsp3) is 0.611. The van der Waals surface area contributed by atoms with Crippen molar-refractivity contribution < 1.29 is 17.9 Å². The summed E-state index contributed by atoms with van der Waals surface area (Å²) in [5.41, 5.74) is 2.04. The summed E-state index contributed by atoms with van der Waals surface area (Å²) in [7, 11) is -3.27. The van der Waals surface area contributed by atoms with Crippen LogP contribution in [0.15, 0.2) is 24.3 Å². The van der Waals surface area contributed by atoms with Crippen molar-refractivity contribution in [1.82, 2.24) is 4.31 Å². The van der Waals surface area contributed by atoms with Crippen LogP contribution in [0.3, 0.4) is 0 Å². The Kier molecular flexibility index (Phi) is 6.84. The molecule has 0 spiro atoms. The first-order valence-electron chi connectivity index (χ1n) is 8.81. The molecule has 0 saturated carbocycles. The molecule has 0 aromatic heterocycles. The van der Waals surface area contributed by atoms with Gasteiger partial charge in [-0.3, -0.25) is 4.79 Å². The molecule has 7 heteroatoms. The Bertz CT molecular complexity index is 686. The van der Waals surface area contributed by atoms with Gasteiger partial charge in [0.2, 0.25) is 10.0 Å². The summed E-state index contributed by atoms with van der Waals surface area (Å²) in [6.45, 7) is 6.85. The van der Waals surface area contributed by atoms with Crippen LogP contribution < -0.4 is 4.90 Å². The van der Waals surface area contributed by atoms with Gasteiger partial charge >= 0.3 is 5.97 Å². The minimum absolute atomic E-state index is 0.209. The van der Waals surface area contributed by atoms with E-state index in [1.54, 1.807) is 0 Å². The Morgan fingerprint density at radius 1 is 1.28 bits per heavy atom. The van der Waals surface area contributed by atoms with Crippen LogP contribution in [-0.2, 0) is 26.2 Å². The molecule has 6 nitrogen and oxygen atoms in total. The number of carbonyl (C=O) groups excluding carboxylic acids is 1. The van der Waals surface area contributed by atoms with Crippen LogP contribution in [0.2, 0.25) is 0 Å². The fourth-order valence-electron chi connectivity index (χ4n) is 3.21. The lowest BCUT2D eigenvalue weighted by Gasteiger charge is -2.29. The lowest BCUT2D eigenvalue weighted by atomic mass is 10.00. The Hall–Kier alpha value is -1.60. The van der Waals surface area contributed by atoms with Crippen molar-refractivity contribution in [2.24, 2.45) is 5.92 Å². The van der Waals surface area contributed by atoms with Crippen molar-refractivity contribution in [3.63, 3.8) is 0 Å². The molecule has 0 amide bonds. The number of benzene rings is 1. The molecule has 1 heterocycles. The minimum Gasteiger partial charge on any atom is -0.460 e. The number of nitrogens with zero attached hydrogens (tertiary/aromatic N) is 2. The Labute approximate surface area is 150 Å². The van der Waals surface area contributed by atoms with E-state index in [4.69, 9.17) is 4.74 Å². The summed E-state index contributed by atoms with van der Waals surface area (Å²) in [5.74, 6) is -0.702. The zero-order valence-electron chi connectivity index (χ0n) is 15.3. The van der Waals surface area contributed by atoms with Crippen molar-refractivity contribution in [3.05, 3.63) is 29.8 Å². The number of anilines is 1. The number of sulfonamides is 1. The van der Waals surface area contributed by atoms with Crippen LogP contribution in [0, 0.1) is 5.92 Å². The van der Waals surface area contributed by atoms with Gasteiger partial charge in [-0.15, -0.1) is 0 Å². The topological polar surface area (TPSA) is 66.9 Å². The number of hydrogen-bond donors (Lipinski definition) is 0. The summed E-state index contributed by atoms with van der Waals surface area (Å²) in [4.78, 5) is 14.6. The highest BCUT2D eigenvalue weighted by Crippen LogP contribution is 2.23. The van der Waals surface area contributed by atoms with Gasteiger partial charge in [-0.25, -0.2) is 12.7 Å². The van der Waals surface area contributed by atoms with Crippen molar-refractivity contribution in [3.8, 4) is 0 Å². The average Bonchev–Trinajstić information content (AvgIpc) is 2.61. The average molecular weight is 368 g/mol. The van der Waals surface area contributed by atoms with Crippen LogP contribution in [0.1, 0.15) is 32.3 Å². The summed E-state index contributed by atoms with van der Waals surface area (Å²) < 4.78 is 30.3. The van der Waals surface area contributed by atoms with Crippen LogP contribution in [0.25, 0.3) is 0 Å². The molecule has 0 bridgehead atoms. The standard InChI is InChI=1S/C18H28N2O4S/c1-4-19(5-2)17-11-7-6-9-16(17)14-24-18(21)15-10-8-12-20(13-15)25(3,22)23/h6-7,9,11,15H,4-5,8,10,12-14H2,1-3H3. The van der Waals surface area contributed by atoms with Crippen LogP contribution in [-0.4, -0.2) is 51.1 Å². The monoisotopic (exact) mass is 368 g/mol. The van der Waals surface area contributed by atoms with Gasteiger partial charge in [0.15, 0.2) is 0 Å². The molecule has 140 valence electrons. The van der Waals surface area contributed by atoms with Crippen LogP contribution in [0.5, 0.6) is 0 Å². The highest BCUT2D eigenvalue weighted by Gasteiger charge is 2.31. The fourth-order valence-corrected chi connectivity index (χ4v) is 4.12. The maximum absolute atomic E-state index is 12.4. The molecule has 1 aromatic carbocycles. The quantitative estimate of drug-likeness (QED) is 0.691. The highest BCUT2D eigenvalue weighted by atomic mass is 32.2. The molecule has 1 saturated heterocycles. The molecule has 0 aliphatic carbocycles. The highest BCUT2D eigenvalue weighted by molar-refractivity contribution is 7.88. The lowest BCUT2D eigenvalue weighted by molar-refractivity contribution is -0.151. The van der Waals surface area contributed by atoms with Gasteiger partial charge in [-0.05, 0) is 32.8 Å². The van der Waals surface area contributed by atoms with Gasteiger partial charge in [0.25, 0.3) is 0 Å². The molecular weight excluding hydrogens is 340 g/mol. The third-order valence-electron chi connectivity index (χ3n) is 4.65. The molecule has 0 N–H and O–H groups in total. The molecule has 1 aliphatic heterocycles. The number of carbonyl (C=O) groups is 1. The predicted octanol–water partition coefficient (Wildman–Crippen LogP) is 2.25. The summed E-state index contributed by atoms with van der Waals surface area (Å²) >= 11 is 0. The second kappa shape index (κ2) is 8.67. The summed E-state index contributed by atoms with van der Waals surface area (Å²) in [6.07, 6.45) is 2.53. The first-order valence-corrected chi connectivity index (χ1v) is 10.7. The van der Waals surface area contributed by atoms with E-state index in [9.17, 15) is 13.2 Å². The molecular formula is C18H28N2O4S. The van der Waals surface area contributed by atoms with E-state index in [1.807, 2.05) is 24.3 Å². The predicted molar refractivity (Wildman–Crippen MR) is 98.9 cm³/mol. The van der Waals surface area contributed by atoms with Crippen LogP contribution >= 0.6 is 0 Å². The first-order chi connectivity index (χ1) is 11.9. The van der Waals surface area contributed by atoms with E-state index in [0.29, 0.717) is 19.4 Å². The van der Waals surface area contributed by atoms with Gasteiger partial charge in [0.1, 0.15) is 6.61 Å². The van der Waals surface area contributed by atoms with E-state index in [1.165, 1.54) is 10.6 Å². The summed E-state index contributed by atoms with van der Waals surface area (Å²) in [6, 6.07) is 7.90. The molecule has 1 fully saturated rings. The zero-order valence-corrected chi connectivity index (χ0v) is 16.1. The molecule has 1 aliphatic rings. The van der Waals surface area contributed by atoms with Crippen LogP contribution in [0.4, 0.5) is 5.69 Å². The third kappa shape index (κ3) is 5.19. The normalized spacial score (nSPS) is 18.8. The molecule has 1 unspecified atom stereocenters. The van der Waals surface area contributed by atoms with Gasteiger partial charge in [0.05, 0.1) is 12.2 Å². The number of para-hydroxylation sites is 1. The van der Waals surface area contributed by atoms with Gasteiger partial charge < -0.3 is 9.64 Å². The van der Waals surface area contributed by atoms with Gasteiger partial charge in [-0.2, -0.15) is 0 Å². The first kappa shape index (κ1) is 19.7. The smallest absolute Gasteiger partial charge is 0.310 e. The SMILES string of the molecule is CCN(CC)c1ccccc1COC(=O)C1CCCN(S(C)(=O)=O)C1. The number of esters is 1. The number of piperidine rings is 1. The summed E-state index contributed by atoms with van der Waals surface area (Å²) in [5, 5.41) is 0. The Morgan fingerprint density at radius 3 is 2.60 bits per heavy atom. The van der Waals surface area contributed by atoms with E-state index in [2.05, 4.69) is 18.7 Å². The van der Waals surface area contributed by atoms with Gasteiger partial charge in [-0.1, -0.05) is 18.2 Å². The molecule has 0 radical (unpaired) electrons. The number of hydrogen-bond acceptors (Lipinski definition) is 5. The second-order valence-electron chi connectivity index (χ2n) is 6.37.